The van der Waals surface area contributed by atoms with E-state index >= 15 is 0 Å². The predicted molar refractivity (Wildman–Crippen MR) is 124 cm³/mol. The van der Waals surface area contributed by atoms with E-state index in [0.29, 0.717) is 37.6 Å². The van der Waals surface area contributed by atoms with E-state index in [1.807, 2.05) is 30.0 Å². The highest BCUT2D eigenvalue weighted by Crippen LogP contribution is 2.36. The molecule has 0 spiro atoms. The Balaban J connectivity index is 1.52. The molecule has 2 heterocycles. The number of aryl methyl sites for hydroxylation is 1. The molecule has 0 bridgehead atoms. The molecule has 1 aliphatic carbocycles. The van der Waals surface area contributed by atoms with E-state index in [0.717, 1.165) is 43.5 Å². The first-order chi connectivity index (χ1) is 15.5. The third-order valence-electron chi connectivity index (χ3n) is 7.11. The number of nitrogens with zero attached hydrogens (tertiary/aromatic N) is 2. The van der Waals surface area contributed by atoms with Gasteiger partial charge in [0.2, 0.25) is 11.8 Å². The van der Waals surface area contributed by atoms with E-state index < -0.39 is 5.41 Å². The number of nitrogens with one attached hydrogen (secondary N) is 1. The topological polar surface area (TPSA) is 75.4 Å². The summed E-state index contributed by atoms with van der Waals surface area (Å²) in [5.41, 5.74) is 2.28. The Morgan fingerprint density at radius 1 is 1.19 bits per heavy atom. The van der Waals surface area contributed by atoms with Crippen molar-refractivity contribution < 1.29 is 14.1 Å². The summed E-state index contributed by atoms with van der Waals surface area (Å²) in [4.78, 5) is 28.2. The van der Waals surface area contributed by atoms with E-state index in [2.05, 4.69) is 29.5 Å². The smallest absolute Gasteiger partial charge is 0.228 e. The third kappa shape index (κ3) is 5.05. The molecule has 172 valence electrons. The van der Waals surface area contributed by atoms with Gasteiger partial charge in [-0.05, 0) is 45.4 Å². The molecule has 32 heavy (non-hydrogen) atoms. The van der Waals surface area contributed by atoms with Crippen molar-refractivity contribution in [1.29, 1.82) is 0 Å². The molecule has 6 nitrogen and oxygen atoms in total. The van der Waals surface area contributed by atoms with E-state index in [1.54, 1.807) is 0 Å². The fraction of sp³-hybridized carbons (Fsp3) is 0.577. The molecular weight excluding hydrogens is 402 g/mol. The zero-order valence-electron chi connectivity index (χ0n) is 19.4. The highest BCUT2D eigenvalue weighted by molar-refractivity contribution is 5.85. The average Bonchev–Trinajstić information content (AvgIpc) is 3.47. The minimum absolute atomic E-state index is 0.00616. The Hall–Kier alpha value is -2.63. The summed E-state index contributed by atoms with van der Waals surface area (Å²) in [6.07, 6.45) is 7.41. The Bertz CT molecular complexity index is 930. The maximum Gasteiger partial charge on any atom is 0.228 e. The fourth-order valence-electron chi connectivity index (χ4n) is 5.28. The number of carbonyl (C=O) groups is 2. The van der Waals surface area contributed by atoms with Gasteiger partial charge < -0.3 is 14.7 Å². The van der Waals surface area contributed by atoms with Crippen LogP contribution in [0.3, 0.4) is 0 Å². The molecule has 1 unspecified atom stereocenters. The lowest BCUT2D eigenvalue weighted by Crippen LogP contribution is -2.54. The molecule has 2 amide bonds. The van der Waals surface area contributed by atoms with Crippen LogP contribution >= 0.6 is 0 Å². The molecule has 0 radical (unpaired) electrons. The third-order valence-corrected chi connectivity index (χ3v) is 7.11. The number of carbonyl (C=O) groups excluding carboxylic acids is 2. The van der Waals surface area contributed by atoms with Crippen LogP contribution in [0.2, 0.25) is 0 Å². The number of aromatic nitrogens is 1. The summed E-state index contributed by atoms with van der Waals surface area (Å²) < 4.78 is 5.68. The first-order valence-electron chi connectivity index (χ1n) is 12.1. The number of hydrogen-bond donors (Lipinski definition) is 1. The zero-order chi connectivity index (χ0) is 22.6. The minimum atomic E-state index is -0.677. The van der Waals surface area contributed by atoms with E-state index in [4.69, 9.17) is 4.52 Å². The summed E-state index contributed by atoms with van der Waals surface area (Å²) >= 11 is 0. The molecule has 1 aliphatic heterocycles. The van der Waals surface area contributed by atoms with Crippen molar-refractivity contribution in [3.63, 3.8) is 0 Å². The number of hydrogen-bond acceptors (Lipinski definition) is 4. The first kappa shape index (κ1) is 22.6. The zero-order valence-corrected chi connectivity index (χ0v) is 19.4. The van der Waals surface area contributed by atoms with Gasteiger partial charge in [-0.1, -0.05) is 47.8 Å². The van der Waals surface area contributed by atoms with Crippen molar-refractivity contribution in [1.82, 2.24) is 15.4 Å². The van der Waals surface area contributed by atoms with Gasteiger partial charge in [0.25, 0.3) is 0 Å². The molecule has 1 atom stereocenters. The van der Waals surface area contributed by atoms with Gasteiger partial charge in [0, 0.05) is 44.1 Å². The van der Waals surface area contributed by atoms with Crippen molar-refractivity contribution in [2.24, 2.45) is 11.3 Å². The predicted octanol–water partition coefficient (Wildman–Crippen LogP) is 4.52. The summed E-state index contributed by atoms with van der Waals surface area (Å²) in [6.45, 7) is 5.74. The Morgan fingerprint density at radius 2 is 1.94 bits per heavy atom. The number of piperidine rings is 1. The lowest BCUT2D eigenvalue weighted by molar-refractivity contribution is -0.142. The molecule has 1 aromatic heterocycles. The van der Waals surface area contributed by atoms with Crippen LogP contribution in [0.15, 0.2) is 34.9 Å². The SMILES string of the molecule is CCNC(=O)C1(Cc2cc(-c3ccc(C)cc3)no2)CCCN(C(=O)CC2CCCC2)C1. The molecule has 1 N–H and O–H groups in total. The maximum atomic E-state index is 13.2. The quantitative estimate of drug-likeness (QED) is 0.691. The van der Waals surface area contributed by atoms with Crippen molar-refractivity contribution >= 4 is 11.8 Å². The van der Waals surface area contributed by atoms with Gasteiger partial charge in [-0.3, -0.25) is 9.59 Å². The summed E-state index contributed by atoms with van der Waals surface area (Å²) in [5.74, 6) is 1.40. The van der Waals surface area contributed by atoms with Crippen LogP contribution in [-0.2, 0) is 16.0 Å². The molecule has 6 heteroatoms. The molecule has 1 aromatic carbocycles. The molecule has 2 fully saturated rings. The minimum Gasteiger partial charge on any atom is -0.361 e. The highest BCUT2D eigenvalue weighted by atomic mass is 16.5. The van der Waals surface area contributed by atoms with E-state index in [9.17, 15) is 9.59 Å². The van der Waals surface area contributed by atoms with Gasteiger partial charge in [0.1, 0.15) is 11.5 Å². The lowest BCUT2D eigenvalue weighted by Gasteiger charge is -2.41. The fourth-order valence-corrected chi connectivity index (χ4v) is 5.28. The van der Waals surface area contributed by atoms with Gasteiger partial charge in [0.05, 0.1) is 5.41 Å². The van der Waals surface area contributed by atoms with Crippen LogP contribution in [0.4, 0.5) is 0 Å². The van der Waals surface area contributed by atoms with E-state index in [1.165, 1.54) is 18.4 Å². The highest BCUT2D eigenvalue weighted by Gasteiger charge is 2.44. The van der Waals surface area contributed by atoms with Gasteiger partial charge in [-0.25, -0.2) is 0 Å². The molecule has 2 aromatic rings. The number of likely N-dealkylation sites (tertiary alicyclic amines) is 1. The average molecular weight is 438 g/mol. The largest absolute Gasteiger partial charge is 0.361 e. The van der Waals surface area contributed by atoms with Crippen molar-refractivity contribution in [3.8, 4) is 11.3 Å². The van der Waals surface area contributed by atoms with Crippen molar-refractivity contribution in [2.45, 2.75) is 65.2 Å². The van der Waals surface area contributed by atoms with Gasteiger partial charge >= 0.3 is 0 Å². The standard InChI is InChI=1S/C26H35N3O3/c1-3-27-25(31)26(13-6-14-29(18-26)24(30)15-20-7-4-5-8-20)17-22-16-23(28-32-22)21-11-9-19(2)10-12-21/h9-12,16,20H,3-8,13-15,17-18H2,1-2H3,(H,27,31). The second-order valence-electron chi connectivity index (χ2n) is 9.63. The molecule has 1 saturated heterocycles. The van der Waals surface area contributed by atoms with Crippen LogP contribution in [-0.4, -0.2) is 41.5 Å². The van der Waals surface area contributed by atoms with Gasteiger partial charge in [-0.2, -0.15) is 0 Å². The van der Waals surface area contributed by atoms with Crippen LogP contribution in [0.5, 0.6) is 0 Å². The normalized spacial score (nSPS) is 21.6. The summed E-state index contributed by atoms with van der Waals surface area (Å²) in [5, 5.41) is 7.27. The summed E-state index contributed by atoms with van der Waals surface area (Å²) in [7, 11) is 0. The number of rotatable bonds is 7. The Kier molecular flexibility index (Phi) is 6.97. The number of amides is 2. The monoisotopic (exact) mass is 437 g/mol. The van der Waals surface area contributed by atoms with E-state index in [-0.39, 0.29) is 11.8 Å². The summed E-state index contributed by atoms with van der Waals surface area (Å²) in [6, 6.07) is 10.1. The molecule has 1 saturated carbocycles. The van der Waals surface area contributed by atoms with Crippen molar-refractivity contribution in [3.05, 3.63) is 41.7 Å². The van der Waals surface area contributed by atoms with Crippen LogP contribution < -0.4 is 5.32 Å². The Labute approximate surface area is 190 Å². The molecule has 4 rings (SSSR count). The molecule has 2 aliphatic rings. The van der Waals surface area contributed by atoms with Crippen LogP contribution in [0.25, 0.3) is 11.3 Å². The van der Waals surface area contributed by atoms with Crippen molar-refractivity contribution in [2.75, 3.05) is 19.6 Å². The van der Waals surface area contributed by atoms with Crippen LogP contribution in [0.1, 0.15) is 63.2 Å². The first-order valence-corrected chi connectivity index (χ1v) is 12.1. The van der Waals surface area contributed by atoms with Gasteiger partial charge in [0.15, 0.2) is 0 Å². The number of benzene rings is 1. The second kappa shape index (κ2) is 9.88. The second-order valence-corrected chi connectivity index (χ2v) is 9.63. The molecular formula is C26H35N3O3. The maximum absolute atomic E-state index is 13.2. The Morgan fingerprint density at radius 3 is 2.66 bits per heavy atom. The van der Waals surface area contributed by atoms with Gasteiger partial charge in [-0.15, -0.1) is 0 Å². The lowest BCUT2D eigenvalue weighted by atomic mass is 9.75. The van der Waals surface area contributed by atoms with Crippen LogP contribution in [0, 0.1) is 18.3 Å².